The molecular formula is C11H13ClFNO2. The average molecular weight is 246 g/mol. The van der Waals surface area contributed by atoms with E-state index in [-0.39, 0.29) is 10.7 Å². The minimum atomic E-state index is -0.598. The average Bonchev–Trinajstić information content (AvgIpc) is 2.28. The number of hydrogen-bond acceptors (Lipinski definition) is 3. The van der Waals surface area contributed by atoms with Crippen LogP contribution < -0.4 is 5.32 Å². The van der Waals surface area contributed by atoms with Gasteiger partial charge in [0.1, 0.15) is 11.9 Å². The third-order valence-electron chi connectivity index (χ3n) is 2.18. The van der Waals surface area contributed by atoms with Gasteiger partial charge >= 0.3 is 5.97 Å². The summed E-state index contributed by atoms with van der Waals surface area (Å²) in [5.74, 6) is -0.934. The molecule has 1 aromatic carbocycles. The Morgan fingerprint density at radius 2 is 2.31 bits per heavy atom. The van der Waals surface area contributed by atoms with Gasteiger partial charge < -0.3 is 10.1 Å². The molecule has 0 saturated carbocycles. The summed E-state index contributed by atoms with van der Waals surface area (Å²) in [7, 11) is 1.29. The molecule has 1 N–H and O–H groups in total. The Hall–Kier alpha value is -1.29. The maximum absolute atomic E-state index is 13.4. The number of anilines is 1. The molecule has 1 aromatic rings. The maximum Gasteiger partial charge on any atom is 0.328 e. The molecule has 16 heavy (non-hydrogen) atoms. The largest absolute Gasteiger partial charge is 0.467 e. The second-order valence-corrected chi connectivity index (χ2v) is 3.63. The van der Waals surface area contributed by atoms with E-state index >= 15 is 0 Å². The van der Waals surface area contributed by atoms with Crippen LogP contribution in [-0.2, 0) is 9.53 Å². The molecular weight excluding hydrogens is 233 g/mol. The van der Waals surface area contributed by atoms with Crippen LogP contribution in [0.25, 0.3) is 0 Å². The molecule has 0 spiro atoms. The highest BCUT2D eigenvalue weighted by molar-refractivity contribution is 6.33. The van der Waals surface area contributed by atoms with Crippen molar-refractivity contribution in [2.24, 2.45) is 0 Å². The zero-order valence-electron chi connectivity index (χ0n) is 9.09. The van der Waals surface area contributed by atoms with Gasteiger partial charge in [0, 0.05) is 0 Å². The van der Waals surface area contributed by atoms with E-state index in [2.05, 4.69) is 10.1 Å². The Morgan fingerprint density at radius 3 is 2.81 bits per heavy atom. The topological polar surface area (TPSA) is 38.3 Å². The molecule has 1 atom stereocenters. The lowest BCUT2D eigenvalue weighted by Gasteiger charge is -2.17. The van der Waals surface area contributed by atoms with E-state index in [1.54, 1.807) is 13.0 Å². The summed E-state index contributed by atoms with van der Waals surface area (Å²) in [6, 6.07) is 3.73. The van der Waals surface area contributed by atoms with E-state index in [4.69, 9.17) is 11.6 Å². The molecule has 0 aliphatic carbocycles. The van der Waals surface area contributed by atoms with Gasteiger partial charge in [0.25, 0.3) is 0 Å². The monoisotopic (exact) mass is 245 g/mol. The molecule has 1 rings (SSSR count). The van der Waals surface area contributed by atoms with Gasteiger partial charge in [-0.3, -0.25) is 0 Å². The number of halogens is 2. The summed E-state index contributed by atoms with van der Waals surface area (Å²) >= 11 is 5.82. The second-order valence-electron chi connectivity index (χ2n) is 3.22. The van der Waals surface area contributed by atoms with Crippen LogP contribution in [-0.4, -0.2) is 19.1 Å². The number of rotatable bonds is 4. The second kappa shape index (κ2) is 5.70. The first-order chi connectivity index (χ1) is 7.60. The highest BCUT2D eigenvalue weighted by atomic mass is 35.5. The van der Waals surface area contributed by atoms with Gasteiger partial charge in [-0.15, -0.1) is 0 Å². The van der Waals surface area contributed by atoms with Gasteiger partial charge in [0.2, 0.25) is 0 Å². The molecule has 0 aliphatic heterocycles. The van der Waals surface area contributed by atoms with Crippen molar-refractivity contribution in [3.8, 4) is 0 Å². The molecule has 5 heteroatoms. The van der Waals surface area contributed by atoms with Gasteiger partial charge in [-0.2, -0.15) is 0 Å². The molecule has 0 fully saturated rings. The van der Waals surface area contributed by atoms with Crippen molar-refractivity contribution >= 4 is 23.3 Å². The first-order valence-corrected chi connectivity index (χ1v) is 5.26. The smallest absolute Gasteiger partial charge is 0.328 e. The van der Waals surface area contributed by atoms with Crippen LogP contribution in [0.2, 0.25) is 5.02 Å². The first kappa shape index (κ1) is 12.8. The van der Waals surface area contributed by atoms with Crippen molar-refractivity contribution in [2.45, 2.75) is 19.4 Å². The van der Waals surface area contributed by atoms with E-state index in [1.807, 2.05) is 0 Å². The number of methoxy groups -OCH3 is 1. The number of carbonyl (C=O) groups excluding carboxylic acids is 1. The molecule has 0 aromatic heterocycles. The third-order valence-corrected chi connectivity index (χ3v) is 2.49. The molecule has 0 radical (unpaired) electrons. The van der Waals surface area contributed by atoms with Crippen molar-refractivity contribution in [3.63, 3.8) is 0 Å². The van der Waals surface area contributed by atoms with Crippen LogP contribution in [0, 0.1) is 5.82 Å². The van der Waals surface area contributed by atoms with Crippen molar-refractivity contribution in [2.75, 3.05) is 12.4 Å². The summed E-state index contributed by atoms with van der Waals surface area (Å²) < 4.78 is 18.0. The molecule has 0 amide bonds. The predicted octanol–water partition coefficient (Wildman–Crippen LogP) is 2.84. The van der Waals surface area contributed by atoms with E-state index < -0.39 is 17.8 Å². The van der Waals surface area contributed by atoms with Crippen LogP contribution in [0.4, 0.5) is 10.1 Å². The SMILES string of the molecule is CCC(Nc1c(F)cccc1Cl)C(=O)OC. The predicted molar refractivity (Wildman–Crippen MR) is 61.1 cm³/mol. The highest BCUT2D eigenvalue weighted by Gasteiger charge is 2.19. The number of ether oxygens (including phenoxy) is 1. The minimum Gasteiger partial charge on any atom is -0.467 e. The van der Waals surface area contributed by atoms with Crippen LogP contribution in [0.3, 0.4) is 0 Å². The third kappa shape index (κ3) is 2.85. The van der Waals surface area contributed by atoms with Gasteiger partial charge in [-0.05, 0) is 18.6 Å². The number of para-hydroxylation sites is 1. The van der Waals surface area contributed by atoms with Gasteiger partial charge in [0.05, 0.1) is 17.8 Å². The molecule has 0 saturated heterocycles. The van der Waals surface area contributed by atoms with Gasteiger partial charge in [-0.25, -0.2) is 9.18 Å². The zero-order chi connectivity index (χ0) is 12.1. The Labute approximate surface area is 98.5 Å². The van der Waals surface area contributed by atoms with E-state index in [1.165, 1.54) is 19.2 Å². The lowest BCUT2D eigenvalue weighted by atomic mass is 10.2. The minimum absolute atomic E-state index is 0.126. The zero-order valence-corrected chi connectivity index (χ0v) is 9.84. The van der Waals surface area contributed by atoms with E-state index in [0.717, 1.165) is 0 Å². The Bertz CT molecular complexity index is 364. The number of benzene rings is 1. The van der Waals surface area contributed by atoms with E-state index in [9.17, 15) is 9.18 Å². The first-order valence-electron chi connectivity index (χ1n) is 4.88. The summed E-state index contributed by atoms with van der Waals surface area (Å²) in [5, 5.41) is 2.97. The normalized spacial score (nSPS) is 12.0. The van der Waals surface area contributed by atoms with Crippen LogP contribution in [0.5, 0.6) is 0 Å². The van der Waals surface area contributed by atoms with Crippen molar-refractivity contribution < 1.29 is 13.9 Å². The lowest BCUT2D eigenvalue weighted by Crippen LogP contribution is -2.30. The summed E-state index contributed by atoms with van der Waals surface area (Å²) in [4.78, 5) is 11.3. The maximum atomic E-state index is 13.4. The van der Waals surface area contributed by atoms with Crippen LogP contribution in [0.15, 0.2) is 18.2 Å². The fourth-order valence-electron chi connectivity index (χ4n) is 1.28. The molecule has 3 nitrogen and oxygen atoms in total. The summed E-state index contributed by atoms with van der Waals surface area (Å²) in [6.45, 7) is 1.79. The van der Waals surface area contributed by atoms with Crippen molar-refractivity contribution in [1.29, 1.82) is 0 Å². The number of hydrogen-bond donors (Lipinski definition) is 1. The van der Waals surface area contributed by atoms with Crippen LogP contribution >= 0.6 is 11.6 Å². The number of esters is 1. The molecule has 0 bridgehead atoms. The van der Waals surface area contributed by atoms with Crippen LogP contribution in [0.1, 0.15) is 13.3 Å². The molecule has 0 heterocycles. The quantitative estimate of drug-likeness (QED) is 0.829. The van der Waals surface area contributed by atoms with E-state index in [0.29, 0.717) is 6.42 Å². The summed E-state index contributed by atoms with van der Waals surface area (Å²) in [5.41, 5.74) is 0.126. The summed E-state index contributed by atoms with van der Waals surface area (Å²) in [6.07, 6.45) is 0.483. The standard InChI is InChI=1S/C11H13ClFNO2/c1-3-9(11(15)16-2)14-10-7(12)5-4-6-8(10)13/h4-6,9,14H,3H2,1-2H3. The number of carbonyl (C=O) groups is 1. The fourth-order valence-corrected chi connectivity index (χ4v) is 1.50. The molecule has 88 valence electrons. The van der Waals surface area contributed by atoms with Crippen molar-refractivity contribution in [3.05, 3.63) is 29.0 Å². The highest BCUT2D eigenvalue weighted by Crippen LogP contribution is 2.25. The van der Waals surface area contributed by atoms with Gasteiger partial charge in [-0.1, -0.05) is 24.6 Å². The molecule has 0 aliphatic rings. The number of nitrogens with one attached hydrogen (secondary N) is 1. The Balaban J connectivity index is 2.90. The van der Waals surface area contributed by atoms with Gasteiger partial charge in [0.15, 0.2) is 0 Å². The molecule has 1 unspecified atom stereocenters. The fraction of sp³-hybridized carbons (Fsp3) is 0.364. The Kier molecular flexibility index (Phi) is 4.55. The lowest BCUT2D eigenvalue weighted by molar-refractivity contribution is -0.141. The van der Waals surface area contributed by atoms with Crippen molar-refractivity contribution in [1.82, 2.24) is 0 Å². The Morgan fingerprint density at radius 1 is 1.62 bits per heavy atom.